The zero-order valence-electron chi connectivity index (χ0n) is 12.3. The van der Waals surface area contributed by atoms with Gasteiger partial charge in [0.25, 0.3) is 0 Å². The highest BCUT2D eigenvalue weighted by atomic mass is 79.9. The number of hydrogen-bond donors (Lipinski definition) is 1. The zero-order chi connectivity index (χ0) is 15.6. The van der Waals surface area contributed by atoms with Gasteiger partial charge in [-0.1, -0.05) is 57.9 Å². The van der Waals surface area contributed by atoms with Gasteiger partial charge in [0.1, 0.15) is 18.9 Å². The second kappa shape index (κ2) is 9.85. The summed E-state index contributed by atoms with van der Waals surface area (Å²) >= 11 is 9.43. The third-order valence-corrected chi connectivity index (χ3v) is 3.86. The molecule has 0 spiro atoms. The van der Waals surface area contributed by atoms with Crippen LogP contribution in [-0.2, 0) is 11.3 Å². The predicted octanol–water partition coefficient (Wildman–Crippen LogP) is 3.26. The molecule has 22 heavy (non-hydrogen) atoms. The fourth-order valence-electron chi connectivity index (χ4n) is 1.95. The summed E-state index contributed by atoms with van der Waals surface area (Å²) in [4.78, 5) is 0. The summed E-state index contributed by atoms with van der Waals surface area (Å²) in [6.07, 6.45) is 0. The summed E-state index contributed by atoms with van der Waals surface area (Å²) in [5.74, 6) is 0.684. The third kappa shape index (κ3) is 6.36. The minimum absolute atomic E-state index is 0.500. The van der Waals surface area contributed by atoms with Gasteiger partial charge >= 0.3 is 0 Å². The second-order valence-corrected chi connectivity index (χ2v) is 6.13. The van der Waals surface area contributed by atoms with Crippen molar-refractivity contribution in [1.82, 2.24) is 0 Å². The monoisotopic (exact) mass is 384 g/mol. The van der Waals surface area contributed by atoms with Crippen molar-refractivity contribution in [3.63, 3.8) is 0 Å². The van der Waals surface area contributed by atoms with Crippen molar-refractivity contribution in [1.29, 1.82) is 0 Å². The Balaban J connectivity index is 1.51. The van der Waals surface area contributed by atoms with E-state index in [9.17, 15) is 0 Å². The molecule has 5 heteroatoms. The minimum atomic E-state index is 0.500. The van der Waals surface area contributed by atoms with Gasteiger partial charge in [-0.25, -0.2) is 0 Å². The van der Waals surface area contributed by atoms with E-state index in [0.29, 0.717) is 30.6 Å². The van der Waals surface area contributed by atoms with E-state index in [0.717, 1.165) is 17.6 Å². The highest BCUT2D eigenvalue weighted by Crippen LogP contribution is 2.27. The van der Waals surface area contributed by atoms with Crippen LogP contribution >= 0.6 is 27.5 Å². The van der Waals surface area contributed by atoms with E-state index in [1.165, 1.54) is 5.56 Å². The van der Waals surface area contributed by atoms with E-state index in [-0.39, 0.29) is 0 Å². The van der Waals surface area contributed by atoms with Gasteiger partial charge in [-0.05, 0) is 18.2 Å². The van der Waals surface area contributed by atoms with Gasteiger partial charge < -0.3 is 14.8 Å². The molecule has 2 rings (SSSR count). The van der Waals surface area contributed by atoms with E-state index in [1.54, 1.807) is 0 Å². The first-order valence-corrected chi connectivity index (χ1v) is 8.44. The normalized spacial score (nSPS) is 10.6. The molecule has 2 aromatic carbocycles. The van der Waals surface area contributed by atoms with Gasteiger partial charge in [0, 0.05) is 10.0 Å². The van der Waals surface area contributed by atoms with Crippen LogP contribution in [0.2, 0.25) is 5.02 Å². The van der Waals surface area contributed by atoms with Crippen molar-refractivity contribution < 1.29 is 14.8 Å². The Morgan fingerprint density at radius 1 is 1.00 bits per heavy atom. The Bertz CT molecular complexity index is 566. The molecule has 0 atom stereocenters. The first kappa shape index (κ1) is 17.3. The summed E-state index contributed by atoms with van der Waals surface area (Å²) < 4.78 is 12.1. The number of nitrogens with two attached hydrogens (primary N) is 1. The van der Waals surface area contributed by atoms with Gasteiger partial charge in [0.15, 0.2) is 0 Å². The molecule has 0 aromatic heterocycles. The maximum Gasteiger partial charge on any atom is 0.138 e. The van der Waals surface area contributed by atoms with Crippen molar-refractivity contribution in [3.05, 3.63) is 63.6 Å². The van der Waals surface area contributed by atoms with Crippen molar-refractivity contribution >= 4 is 27.5 Å². The molecule has 3 nitrogen and oxygen atoms in total. The Morgan fingerprint density at radius 2 is 1.82 bits per heavy atom. The standard InChI is InChI=1S/C17H19BrClNO2/c18-15-6-7-17(16(19)12-15)22-11-10-21-9-8-20-13-14-4-2-1-3-5-14/h1-7,12,20H,8-11,13H2/p+1. The molecule has 0 bridgehead atoms. The molecule has 0 aliphatic carbocycles. The lowest BCUT2D eigenvalue weighted by molar-refractivity contribution is -0.672. The van der Waals surface area contributed by atoms with Crippen LogP contribution < -0.4 is 10.1 Å². The van der Waals surface area contributed by atoms with E-state index in [1.807, 2.05) is 24.3 Å². The SMILES string of the molecule is Clc1cc(Br)ccc1OCCOCC[NH2+]Cc1ccccc1. The molecule has 0 saturated carbocycles. The molecule has 0 amide bonds. The third-order valence-electron chi connectivity index (χ3n) is 3.07. The largest absolute Gasteiger partial charge is 0.490 e. The summed E-state index contributed by atoms with van der Waals surface area (Å²) in [6, 6.07) is 16.0. The highest BCUT2D eigenvalue weighted by Gasteiger charge is 2.02. The predicted molar refractivity (Wildman–Crippen MR) is 92.4 cm³/mol. The molecule has 0 radical (unpaired) electrons. The number of benzene rings is 2. The Morgan fingerprint density at radius 3 is 2.59 bits per heavy atom. The topological polar surface area (TPSA) is 35.1 Å². The van der Waals surface area contributed by atoms with E-state index in [2.05, 4.69) is 45.5 Å². The Kier molecular flexibility index (Phi) is 7.74. The van der Waals surface area contributed by atoms with Crippen LogP contribution in [-0.4, -0.2) is 26.4 Å². The average molecular weight is 386 g/mol. The summed E-state index contributed by atoms with van der Waals surface area (Å²) in [5.41, 5.74) is 1.33. The zero-order valence-corrected chi connectivity index (χ0v) is 14.6. The first-order valence-electron chi connectivity index (χ1n) is 7.27. The molecule has 0 unspecified atom stereocenters. The average Bonchev–Trinajstić information content (AvgIpc) is 2.52. The molecule has 2 aromatic rings. The van der Waals surface area contributed by atoms with E-state index < -0.39 is 0 Å². The van der Waals surface area contributed by atoms with Gasteiger partial charge in [0.2, 0.25) is 0 Å². The molecule has 0 aliphatic heterocycles. The fourth-order valence-corrected chi connectivity index (χ4v) is 2.68. The van der Waals surface area contributed by atoms with Crippen molar-refractivity contribution in [2.75, 3.05) is 26.4 Å². The second-order valence-electron chi connectivity index (χ2n) is 4.80. The molecule has 2 N–H and O–H groups in total. The number of hydrogen-bond acceptors (Lipinski definition) is 2. The number of halogens is 2. The molecule has 118 valence electrons. The smallest absolute Gasteiger partial charge is 0.138 e. The highest BCUT2D eigenvalue weighted by molar-refractivity contribution is 9.10. The lowest BCUT2D eigenvalue weighted by Gasteiger charge is -2.08. The van der Waals surface area contributed by atoms with Crippen LogP contribution in [0.5, 0.6) is 5.75 Å². The molecular weight excluding hydrogens is 366 g/mol. The molecule has 0 aliphatic rings. The summed E-state index contributed by atoms with van der Waals surface area (Å²) in [6.45, 7) is 3.69. The molecule has 0 fully saturated rings. The Hall–Kier alpha value is -1.07. The molecule has 0 saturated heterocycles. The van der Waals surface area contributed by atoms with E-state index >= 15 is 0 Å². The fraction of sp³-hybridized carbons (Fsp3) is 0.294. The maximum atomic E-state index is 6.07. The van der Waals surface area contributed by atoms with Crippen molar-refractivity contribution in [2.45, 2.75) is 6.54 Å². The summed E-state index contributed by atoms with van der Waals surface area (Å²) in [5, 5.41) is 2.84. The summed E-state index contributed by atoms with van der Waals surface area (Å²) in [7, 11) is 0. The molecular formula is C17H20BrClNO2+. The lowest BCUT2D eigenvalue weighted by Crippen LogP contribution is -2.83. The van der Waals surface area contributed by atoms with Gasteiger partial charge in [-0.2, -0.15) is 0 Å². The van der Waals surface area contributed by atoms with Crippen LogP contribution in [0.25, 0.3) is 0 Å². The Labute approximate surface area is 144 Å². The van der Waals surface area contributed by atoms with Gasteiger partial charge in [0.05, 0.1) is 24.8 Å². The lowest BCUT2D eigenvalue weighted by atomic mass is 10.2. The van der Waals surface area contributed by atoms with E-state index in [4.69, 9.17) is 21.1 Å². The van der Waals surface area contributed by atoms with Crippen LogP contribution in [0, 0.1) is 0 Å². The maximum absolute atomic E-state index is 6.07. The van der Waals surface area contributed by atoms with Crippen LogP contribution in [0.3, 0.4) is 0 Å². The van der Waals surface area contributed by atoms with Crippen LogP contribution in [0.4, 0.5) is 0 Å². The van der Waals surface area contributed by atoms with Crippen LogP contribution in [0.1, 0.15) is 5.56 Å². The van der Waals surface area contributed by atoms with Crippen molar-refractivity contribution in [2.24, 2.45) is 0 Å². The van der Waals surface area contributed by atoms with Crippen molar-refractivity contribution in [3.8, 4) is 5.75 Å². The number of rotatable bonds is 9. The number of ether oxygens (including phenoxy) is 2. The van der Waals surface area contributed by atoms with Gasteiger partial charge in [-0.15, -0.1) is 0 Å². The minimum Gasteiger partial charge on any atom is -0.490 e. The first-order chi connectivity index (χ1) is 10.8. The van der Waals surface area contributed by atoms with Crippen LogP contribution in [0.15, 0.2) is 53.0 Å². The molecule has 0 heterocycles. The van der Waals surface area contributed by atoms with Gasteiger partial charge in [-0.3, -0.25) is 0 Å². The number of quaternary nitrogens is 1. The quantitative estimate of drug-likeness (QED) is 0.672.